The van der Waals surface area contributed by atoms with E-state index in [4.69, 9.17) is 0 Å². The maximum atomic E-state index is 12.3. The Morgan fingerprint density at radius 1 is 1.43 bits per heavy atom. The fourth-order valence-corrected chi connectivity index (χ4v) is 2.92. The molecule has 0 spiro atoms. The van der Waals surface area contributed by atoms with Crippen molar-refractivity contribution < 1.29 is 4.92 Å². The van der Waals surface area contributed by atoms with Crippen molar-refractivity contribution in [1.29, 1.82) is 0 Å². The Hall–Kier alpha value is -2.81. The standard InChI is InChI=1S/C14H13N5O3S/c1-2-9-7-15-11(23-9)8-16-13-12(19(21)22)14(20)18-6-4-3-5-10(18)17-13/h3-7,16H,2,8H2,1H3. The summed E-state index contributed by atoms with van der Waals surface area (Å²) in [5, 5.41) is 14.9. The van der Waals surface area contributed by atoms with Gasteiger partial charge >= 0.3 is 11.2 Å². The lowest BCUT2D eigenvalue weighted by Gasteiger charge is -2.06. The van der Waals surface area contributed by atoms with Gasteiger partial charge in [0.1, 0.15) is 10.7 Å². The molecule has 0 amide bonds. The van der Waals surface area contributed by atoms with E-state index in [1.54, 1.807) is 24.4 Å². The number of anilines is 1. The van der Waals surface area contributed by atoms with Crippen molar-refractivity contribution in [2.45, 2.75) is 19.9 Å². The van der Waals surface area contributed by atoms with E-state index in [2.05, 4.69) is 15.3 Å². The van der Waals surface area contributed by atoms with Crippen molar-refractivity contribution in [1.82, 2.24) is 14.4 Å². The van der Waals surface area contributed by atoms with Crippen LogP contribution < -0.4 is 10.9 Å². The molecule has 118 valence electrons. The number of nitro groups is 1. The van der Waals surface area contributed by atoms with Crippen LogP contribution in [0.15, 0.2) is 35.4 Å². The fraction of sp³-hybridized carbons (Fsp3) is 0.214. The minimum absolute atomic E-state index is 0.0422. The molecule has 3 rings (SSSR count). The van der Waals surface area contributed by atoms with Crippen molar-refractivity contribution in [3.8, 4) is 0 Å². The van der Waals surface area contributed by atoms with Crippen molar-refractivity contribution in [2.24, 2.45) is 0 Å². The average Bonchev–Trinajstić information content (AvgIpc) is 3.00. The molecule has 0 aliphatic rings. The van der Waals surface area contributed by atoms with Crippen LogP contribution in [0.5, 0.6) is 0 Å². The van der Waals surface area contributed by atoms with Crippen LogP contribution >= 0.6 is 11.3 Å². The van der Waals surface area contributed by atoms with E-state index < -0.39 is 16.2 Å². The van der Waals surface area contributed by atoms with Gasteiger partial charge in [0, 0.05) is 17.3 Å². The number of hydrogen-bond acceptors (Lipinski definition) is 7. The van der Waals surface area contributed by atoms with Crippen LogP contribution in [0.4, 0.5) is 11.5 Å². The third kappa shape index (κ3) is 2.90. The summed E-state index contributed by atoms with van der Waals surface area (Å²) in [6.45, 7) is 2.31. The average molecular weight is 331 g/mol. The van der Waals surface area contributed by atoms with E-state index in [0.717, 1.165) is 20.7 Å². The second kappa shape index (κ2) is 6.13. The third-order valence-electron chi connectivity index (χ3n) is 3.25. The zero-order valence-corrected chi connectivity index (χ0v) is 13.0. The normalized spacial score (nSPS) is 10.8. The van der Waals surface area contributed by atoms with Crippen LogP contribution in [0.1, 0.15) is 16.8 Å². The topological polar surface area (TPSA) is 102 Å². The highest BCUT2D eigenvalue weighted by atomic mass is 32.1. The quantitative estimate of drug-likeness (QED) is 0.568. The lowest BCUT2D eigenvalue weighted by Crippen LogP contribution is -2.21. The van der Waals surface area contributed by atoms with Gasteiger partial charge in [-0.05, 0) is 18.6 Å². The van der Waals surface area contributed by atoms with E-state index in [1.165, 1.54) is 17.5 Å². The highest BCUT2D eigenvalue weighted by Gasteiger charge is 2.23. The molecule has 0 radical (unpaired) electrons. The molecule has 0 saturated carbocycles. The number of aryl methyl sites for hydroxylation is 1. The Morgan fingerprint density at radius 3 is 2.96 bits per heavy atom. The van der Waals surface area contributed by atoms with Crippen LogP contribution in [-0.2, 0) is 13.0 Å². The molecule has 1 N–H and O–H groups in total. The SMILES string of the molecule is CCc1cnc(CNc2nc3ccccn3c(=O)c2[N+](=O)[O-])s1. The van der Waals surface area contributed by atoms with E-state index in [1.807, 2.05) is 6.92 Å². The Morgan fingerprint density at radius 2 is 2.26 bits per heavy atom. The molecule has 23 heavy (non-hydrogen) atoms. The lowest BCUT2D eigenvalue weighted by atomic mass is 10.4. The molecular weight excluding hydrogens is 318 g/mol. The van der Waals surface area contributed by atoms with Gasteiger partial charge in [0.05, 0.1) is 11.5 Å². The van der Waals surface area contributed by atoms with Gasteiger partial charge in [-0.2, -0.15) is 0 Å². The molecule has 0 aromatic carbocycles. The number of thiazole rings is 1. The first-order chi connectivity index (χ1) is 11.1. The number of fused-ring (bicyclic) bond motifs is 1. The largest absolute Gasteiger partial charge is 0.376 e. The highest BCUT2D eigenvalue weighted by Crippen LogP contribution is 2.20. The minimum Gasteiger partial charge on any atom is -0.358 e. The van der Waals surface area contributed by atoms with Gasteiger partial charge in [0.15, 0.2) is 0 Å². The van der Waals surface area contributed by atoms with E-state index >= 15 is 0 Å². The molecule has 0 bridgehead atoms. The zero-order chi connectivity index (χ0) is 16.4. The zero-order valence-electron chi connectivity index (χ0n) is 12.2. The van der Waals surface area contributed by atoms with Gasteiger partial charge in [-0.1, -0.05) is 13.0 Å². The lowest BCUT2D eigenvalue weighted by molar-refractivity contribution is -0.385. The molecule has 3 aromatic rings. The molecular formula is C14H13N5O3S. The fourth-order valence-electron chi connectivity index (χ4n) is 2.12. The van der Waals surface area contributed by atoms with Crippen molar-refractivity contribution in [2.75, 3.05) is 5.32 Å². The first-order valence-corrected chi connectivity index (χ1v) is 7.75. The molecule has 9 heteroatoms. The van der Waals surface area contributed by atoms with Gasteiger partial charge in [-0.15, -0.1) is 11.3 Å². The van der Waals surface area contributed by atoms with Gasteiger partial charge in [-0.25, -0.2) is 9.97 Å². The van der Waals surface area contributed by atoms with Gasteiger partial charge in [-0.3, -0.25) is 19.3 Å². The van der Waals surface area contributed by atoms with Gasteiger partial charge in [0.25, 0.3) is 0 Å². The number of nitrogens with one attached hydrogen (secondary N) is 1. The Kier molecular flexibility index (Phi) is 4.02. The number of hydrogen-bond donors (Lipinski definition) is 1. The van der Waals surface area contributed by atoms with E-state index in [0.29, 0.717) is 5.65 Å². The molecule has 0 fully saturated rings. The second-order valence-electron chi connectivity index (χ2n) is 4.73. The summed E-state index contributed by atoms with van der Waals surface area (Å²) in [5.74, 6) is -0.0422. The Balaban J connectivity index is 2.00. The molecule has 0 atom stereocenters. The molecule has 3 heterocycles. The summed E-state index contributed by atoms with van der Waals surface area (Å²) >= 11 is 1.52. The summed E-state index contributed by atoms with van der Waals surface area (Å²) < 4.78 is 1.15. The summed E-state index contributed by atoms with van der Waals surface area (Å²) in [4.78, 5) is 32.4. The number of pyridine rings is 1. The Labute approximate surface area is 134 Å². The van der Waals surface area contributed by atoms with E-state index in [9.17, 15) is 14.9 Å². The first-order valence-electron chi connectivity index (χ1n) is 6.93. The molecule has 8 nitrogen and oxygen atoms in total. The predicted octanol–water partition coefficient (Wildman–Crippen LogP) is 2.23. The molecule has 3 aromatic heterocycles. The predicted molar refractivity (Wildman–Crippen MR) is 86.9 cm³/mol. The number of nitrogens with zero attached hydrogens (tertiary/aromatic N) is 4. The molecule has 0 saturated heterocycles. The van der Waals surface area contributed by atoms with Crippen molar-refractivity contribution in [3.63, 3.8) is 0 Å². The summed E-state index contributed by atoms with van der Waals surface area (Å²) in [6.07, 6.45) is 4.11. The number of aromatic nitrogens is 3. The summed E-state index contributed by atoms with van der Waals surface area (Å²) in [6, 6.07) is 4.95. The van der Waals surface area contributed by atoms with Crippen LogP contribution in [0.2, 0.25) is 0 Å². The molecule has 0 unspecified atom stereocenters. The maximum Gasteiger partial charge on any atom is 0.376 e. The first kappa shape index (κ1) is 15.1. The summed E-state index contributed by atoms with van der Waals surface area (Å²) in [5.41, 5.74) is -0.934. The van der Waals surface area contributed by atoms with Gasteiger partial charge in [0.2, 0.25) is 5.82 Å². The molecule has 0 aliphatic carbocycles. The van der Waals surface area contributed by atoms with Crippen LogP contribution in [0.25, 0.3) is 5.65 Å². The molecule has 0 aliphatic heterocycles. The van der Waals surface area contributed by atoms with E-state index in [-0.39, 0.29) is 12.4 Å². The minimum atomic E-state index is -0.712. The van der Waals surface area contributed by atoms with Crippen LogP contribution in [0, 0.1) is 10.1 Å². The highest BCUT2D eigenvalue weighted by molar-refractivity contribution is 7.11. The summed E-state index contributed by atoms with van der Waals surface area (Å²) in [7, 11) is 0. The van der Waals surface area contributed by atoms with Gasteiger partial charge < -0.3 is 5.32 Å². The van der Waals surface area contributed by atoms with Crippen LogP contribution in [0.3, 0.4) is 0 Å². The van der Waals surface area contributed by atoms with Crippen molar-refractivity contribution in [3.05, 3.63) is 60.9 Å². The van der Waals surface area contributed by atoms with Crippen LogP contribution in [-0.4, -0.2) is 19.3 Å². The Bertz CT molecular complexity index is 934. The number of rotatable bonds is 5. The second-order valence-corrected chi connectivity index (χ2v) is 5.93. The monoisotopic (exact) mass is 331 g/mol. The maximum absolute atomic E-state index is 12.3. The van der Waals surface area contributed by atoms with Crippen molar-refractivity contribution >= 4 is 28.5 Å². The smallest absolute Gasteiger partial charge is 0.358 e. The third-order valence-corrected chi connectivity index (χ3v) is 4.39.